The number of ether oxygens (including phenoxy) is 2. The van der Waals surface area contributed by atoms with Crippen LogP contribution in [-0.2, 0) is 6.61 Å². The van der Waals surface area contributed by atoms with Crippen LogP contribution in [0.2, 0.25) is 0 Å². The van der Waals surface area contributed by atoms with Crippen LogP contribution in [0.15, 0.2) is 60.7 Å². The van der Waals surface area contributed by atoms with Crippen LogP contribution in [0.1, 0.15) is 12.5 Å². The Balaban J connectivity index is 1.68. The predicted molar refractivity (Wildman–Crippen MR) is 94.9 cm³/mol. The van der Waals surface area contributed by atoms with Crippen LogP contribution >= 0.6 is 0 Å². The summed E-state index contributed by atoms with van der Waals surface area (Å²) in [6.07, 6.45) is 3.83. The Hall–Kier alpha value is -2.95. The summed E-state index contributed by atoms with van der Waals surface area (Å²) in [4.78, 5) is 0. The topological polar surface area (TPSA) is 18.5 Å². The molecule has 0 atom stereocenters. The van der Waals surface area contributed by atoms with Gasteiger partial charge in [0, 0.05) is 5.39 Å². The molecule has 3 aromatic rings. The molecule has 0 radical (unpaired) electrons. The van der Waals surface area contributed by atoms with Gasteiger partial charge in [-0.15, -0.1) is 0 Å². The lowest BCUT2D eigenvalue weighted by Crippen LogP contribution is -1.97. The van der Waals surface area contributed by atoms with Crippen LogP contribution in [0.4, 0.5) is 13.2 Å². The second-order valence-electron chi connectivity index (χ2n) is 5.68. The van der Waals surface area contributed by atoms with E-state index in [0.717, 1.165) is 17.4 Å². The predicted octanol–water partition coefficient (Wildman–Crippen LogP) is 5.79. The molecule has 3 rings (SSSR count). The Labute approximate surface area is 149 Å². The van der Waals surface area contributed by atoms with Gasteiger partial charge in [-0.2, -0.15) is 0 Å². The van der Waals surface area contributed by atoms with Crippen LogP contribution in [0.5, 0.6) is 11.5 Å². The van der Waals surface area contributed by atoms with Gasteiger partial charge in [0.15, 0.2) is 17.5 Å². The largest absolute Gasteiger partial charge is 0.490 e. The monoisotopic (exact) mass is 358 g/mol. The van der Waals surface area contributed by atoms with Gasteiger partial charge in [-0.3, -0.25) is 0 Å². The third-order valence-electron chi connectivity index (χ3n) is 3.85. The summed E-state index contributed by atoms with van der Waals surface area (Å²) in [5.74, 6) is -2.69. The Morgan fingerprint density at radius 2 is 1.58 bits per heavy atom. The molecule has 0 bridgehead atoms. The minimum atomic E-state index is -1.47. The molecule has 0 aromatic heterocycles. The van der Waals surface area contributed by atoms with Crippen molar-refractivity contribution in [1.29, 1.82) is 0 Å². The summed E-state index contributed by atoms with van der Waals surface area (Å²) in [6, 6.07) is 12.8. The molecule has 0 aliphatic rings. The molecule has 0 heterocycles. The fourth-order valence-corrected chi connectivity index (χ4v) is 2.46. The molecule has 3 aromatic carbocycles. The zero-order valence-corrected chi connectivity index (χ0v) is 14.1. The number of halogens is 3. The van der Waals surface area contributed by atoms with Crippen LogP contribution < -0.4 is 9.47 Å². The number of hydrogen-bond donors (Lipinski definition) is 0. The molecule has 2 nitrogen and oxygen atoms in total. The summed E-state index contributed by atoms with van der Waals surface area (Å²) < 4.78 is 51.5. The van der Waals surface area contributed by atoms with Gasteiger partial charge in [-0.1, -0.05) is 24.3 Å². The highest BCUT2D eigenvalue weighted by molar-refractivity contribution is 5.84. The van der Waals surface area contributed by atoms with Gasteiger partial charge in [-0.05, 0) is 54.3 Å². The Morgan fingerprint density at radius 1 is 0.846 bits per heavy atom. The first-order valence-electron chi connectivity index (χ1n) is 8.11. The lowest BCUT2D eigenvalue weighted by Gasteiger charge is -2.09. The molecule has 0 aliphatic carbocycles. The van der Waals surface area contributed by atoms with Gasteiger partial charge in [0.1, 0.15) is 24.7 Å². The van der Waals surface area contributed by atoms with E-state index in [4.69, 9.17) is 9.47 Å². The summed E-state index contributed by atoms with van der Waals surface area (Å²) in [5, 5.41) is 0.255. The van der Waals surface area contributed by atoms with Crippen LogP contribution in [0, 0.1) is 17.5 Å². The fraction of sp³-hybridized carbons (Fsp3) is 0.143. The van der Waals surface area contributed by atoms with Crippen LogP contribution in [0.25, 0.3) is 10.8 Å². The molecule has 0 spiro atoms. The Bertz CT molecular complexity index is 934. The average molecular weight is 358 g/mol. The standard InChI is InChI=1S/C21H17F3O2/c1-2-3-10-25-16-6-4-14(5-7-16)13-26-17-8-9-18-15(11-17)12-19(22)21(24)20(18)23/h2-9,11-12H,10,13H2,1H3. The number of fused-ring (bicyclic) bond motifs is 1. The molecular formula is C21H17F3O2. The molecule has 0 saturated carbocycles. The van der Waals surface area contributed by atoms with Gasteiger partial charge in [-0.25, -0.2) is 13.2 Å². The van der Waals surface area contributed by atoms with E-state index in [9.17, 15) is 13.2 Å². The van der Waals surface area contributed by atoms with Crippen molar-refractivity contribution in [2.75, 3.05) is 6.61 Å². The SMILES string of the molecule is CC=CCOc1ccc(COc2ccc3c(F)c(F)c(F)cc3c2)cc1. The van der Waals surface area contributed by atoms with E-state index in [1.807, 2.05) is 43.3 Å². The summed E-state index contributed by atoms with van der Waals surface area (Å²) in [6.45, 7) is 2.72. The van der Waals surface area contributed by atoms with E-state index < -0.39 is 17.5 Å². The highest BCUT2D eigenvalue weighted by Gasteiger charge is 2.13. The van der Waals surface area contributed by atoms with Gasteiger partial charge < -0.3 is 9.47 Å². The van der Waals surface area contributed by atoms with Gasteiger partial charge in [0.25, 0.3) is 0 Å². The molecule has 0 aliphatic heterocycles. The molecule has 5 heteroatoms. The van der Waals surface area contributed by atoms with Crippen molar-refractivity contribution in [3.63, 3.8) is 0 Å². The van der Waals surface area contributed by atoms with Gasteiger partial charge in [0.2, 0.25) is 0 Å². The summed E-state index contributed by atoms with van der Waals surface area (Å²) in [7, 11) is 0. The van der Waals surface area contributed by atoms with E-state index in [1.165, 1.54) is 18.2 Å². The van der Waals surface area contributed by atoms with Crippen molar-refractivity contribution in [3.8, 4) is 11.5 Å². The maximum Gasteiger partial charge on any atom is 0.195 e. The first-order chi connectivity index (χ1) is 12.6. The summed E-state index contributed by atoms with van der Waals surface area (Å²) >= 11 is 0. The van der Waals surface area contributed by atoms with E-state index in [1.54, 1.807) is 0 Å². The normalized spacial score (nSPS) is 11.2. The minimum Gasteiger partial charge on any atom is -0.490 e. The van der Waals surface area contributed by atoms with Crippen LogP contribution in [-0.4, -0.2) is 6.61 Å². The molecule has 134 valence electrons. The third kappa shape index (κ3) is 3.99. The number of allylic oxidation sites excluding steroid dienone is 1. The van der Waals surface area contributed by atoms with E-state index in [-0.39, 0.29) is 17.4 Å². The average Bonchev–Trinajstić information content (AvgIpc) is 2.65. The van der Waals surface area contributed by atoms with Crippen molar-refractivity contribution in [2.24, 2.45) is 0 Å². The second kappa shape index (κ2) is 7.95. The fourth-order valence-electron chi connectivity index (χ4n) is 2.46. The summed E-state index contributed by atoms with van der Waals surface area (Å²) in [5.41, 5.74) is 0.917. The maximum absolute atomic E-state index is 13.7. The zero-order valence-electron chi connectivity index (χ0n) is 14.1. The van der Waals surface area contributed by atoms with Crippen molar-refractivity contribution >= 4 is 10.8 Å². The number of rotatable bonds is 6. The number of hydrogen-bond acceptors (Lipinski definition) is 2. The molecule has 0 N–H and O–H groups in total. The smallest absolute Gasteiger partial charge is 0.195 e. The highest BCUT2D eigenvalue weighted by Crippen LogP contribution is 2.27. The van der Waals surface area contributed by atoms with Crippen molar-refractivity contribution < 1.29 is 22.6 Å². The highest BCUT2D eigenvalue weighted by atomic mass is 19.2. The van der Waals surface area contributed by atoms with Gasteiger partial charge >= 0.3 is 0 Å². The first kappa shape index (κ1) is 17.9. The lowest BCUT2D eigenvalue weighted by molar-refractivity contribution is 0.306. The first-order valence-corrected chi connectivity index (χ1v) is 8.11. The van der Waals surface area contributed by atoms with Crippen molar-refractivity contribution in [3.05, 3.63) is 83.7 Å². The molecule has 0 saturated heterocycles. The second-order valence-corrected chi connectivity index (χ2v) is 5.68. The molecular weight excluding hydrogens is 341 g/mol. The number of benzene rings is 3. The van der Waals surface area contributed by atoms with E-state index >= 15 is 0 Å². The Kier molecular flexibility index (Phi) is 5.46. The molecule has 0 amide bonds. The quantitative estimate of drug-likeness (QED) is 0.410. The van der Waals surface area contributed by atoms with Gasteiger partial charge in [0.05, 0.1) is 0 Å². The Morgan fingerprint density at radius 3 is 2.31 bits per heavy atom. The van der Waals surface area contributed by atoms with Crippen LogP contribution in [0.3, 0.4) is 0 Å². The van der Waals surface area contributed by atoms with E-state index in [2.05, 4.69) is 0 Å². The molecule has 0 unspecified atom stereocenters. The minimum absolute atomic E-state index is 0.0129. The molecule has 26 heavy (non-hydrogen) atoms. The zero-order chi connectivity index (χ0) is 18.5. The maximum atomic E-state index is 13.7. The lowest BCUT2D eigenvalue weighted by atomic mass is 10.1. The van der Waals surface area contributed by atoms with Crippen molar-refractivity contribution in [2.45, 2.75) is 13.5 Å². The van der Waals surface area contributed by atoms with E-state index in [0.29, 0.717) is 12.4 Å². The van der Waals surface area contributed by atoms with Crippen molar-refractivity contribution in [1.82, 2.24) is 0 Å². The third-order valence-corrected chi connectivity index (χ3v) is 3.85. The molecule has 0 fully saturated rings.